The molecule has 1 amide bonds. The lowest BCUT2D eigenvalue weighted by Gasteiger charge is -2.14. The molecule has 1 saturated heterocycles. The molecule has 3 aromatic rings. The van der Waals surface area contributed by atoms with Gasteiger partial charge in [-0.05, 0) is 72.3 Å². The van der Waals surface area contributed by atoms with Crippen molar-refractivity contribution in [1.82, 2.24) is 0 Å². The van der Waals surface area contributed by atoms with Gasteiger partial charge in [-0.25, -0.2) is 13.6 Å². The second-order valence-electron chi connectivity index (χ2n) is 6.46. The Hall–Kier alpha value is -3.36. The van der Waals surface area contributed by atoms with Gasteiger partial charge in [0.15, 0.2) is 4.32 Å². The minimum Gasteiger partial charge on any atom is -0.423 e. The summed E-state index contributed by atoms with van der Waals surface area (Å²) in [5.74, 6) is -1.43. The Morgan fingerprint density at radius 1 is 0.903 bits per heavy atom. The van der Waals surface area contributed by atoms with Gasteiger partial charge < -0.3 is 4.74 Å². The quantitative estimate of drug-likeness (QED) is 0.223. The molecule has 4 rings (SSSR count). The highest BCUT2D eigenvalue weighted by Crippen LogP contribution is 2.36. The average molecular weight is 453 g/mol. The number of esters is 1. The molecule has 154 valence electrons. The summed E-state index contributed by atoms with van der Waals surface area (Å²) >= 11 is 6.45. The van der Waals surface area contributed by atoms with Crippen LogP contribution < -0.4 is 9.64 Å². The molecular weight excluding hydrogens is 440 g/mol. The number of thiocarbonyl (C=S) groups is 1. The lowest BCUT2D eigenvalue weighted by Crippen LogP contribution is -2.27. The zero-order valence-electron chi connectivity index (χ0n) is 15.7. The maximum atomic E-state index is 13.2. The van der Waals surface area contributed by atoms with E-state index < -0.39 is 17.6 Å². The van der Waals surface area contributed by atoms with Crippen molar-refractivity contribution in [3.63, 3.8) is 0 Å². The van der Waals surface area contributed by atoms with Gasteiger partial charge in [-0.3, -0.25) is 9.69 Å². The molecule has 0 radical (unpaired) electrons. The summed E-state index contributed by atoms with van der Waals surface area (Å²) in [6.45, 7) is 0. The second-order valence-corrected chi connectivity index (χ2v) is 8.13. The maximum Gasteiger partial charge on any atom is 0.343 e. The van der Waals surface area contributed by atoms with Crippen molar-refractivity contribution >= 4 is 51.9 Å². The van der Waals surface area contributed by atoms with Gasteiger partial charge in [0.1, 0.15) is 17.4 Å². The first-order chi connectivity index (χ1) is 14.9. The first kappa shape index (κ1) is 20.9. The summed E-state index contributed by atoms with van der Waals surface area (Å²) in [5, 5.41) is 0. The van der Waals surface area contributed by atoms with Crippen LogP contribution in [0.4, 0.5) is 14.5 Å². The minimum atomic E-state index is -0.604. The van der Waals surface area contributed by atoms with Gasteiger partial charge >= 0.3 is 5.97 Å². The third-order valence-corrected chi connectivity index (χ3v) is 5.65. The fraction of sp³-hybridized carbons (Fsp3) is 0. The molecule has 1 aliphatic heterocycles. The van der Waals surface area contributed by atoms with Crippen molar-refractivity contribution in [3.05, 3.63) is 100 Å². The highest BCUT2D eigenvalue weighted by Gasteiger charge is 2.33. The van der Waals surface area contributed by atoms with E-state index in [1.165, 1.54) is 53.4 Å². The van der Waals surface area contributed by atoms with Crippen molar-refractivity contribution in [2.75, 3.05) is 4.90 Å². The number of benzene rings is 3. The van der Waals surface area contributed by atoms with Gasteiger partial charge in [-0.15, -0.1) is 0 Å². The highest BCUT2D eigenvalue weighted by molar-refractivity contribution is 8.27. The standard InChI is InChI=1S/C23H13F2NO3S2/c24-16-5-3-15(4-6-16)22(28)29-19-11-1-14(2-12-19)13-20-21(27)26(23(30)31-20)18-9-7-17(25)8-10-18/h1-13H/b20-13-. The predicted molar refractivity (Wildman–Crippen MR) is 120 cm³/mol. The molecule has 0 saturated carbocycles. The number of halogens is 2. The summed E-state index contributed by atoms with van der Waals surface area (Å²) < 4.78 is 31.8. The summed E-state index contributed by atoms with van der Waals surface area (Å²) in [6, 6.07) is 17.1. The smallest absolute Gasteiger partial charge is 0.343 e. The Morgan fingerprint density at radius 3 is 2.10 bits per heavy atom. The first-order valence-corrected chi connectivity index (χ1v) is 10.2. The van der Waals surface area contributed by atoms with Gasteiger partial charge in [0.05, 0.1) is 16.2 Å². The number of thioether (sulfide) groups is 1. The molecule has 0 aliphatic carbocycles. The normalized spacial score (nSPS) is 14.9. The van der Waals surface area contributed by atoms with Gasteiger partial charge in [0.2, 0.25) is 0 Å². The molecule has 0 atom stereocenters. The molecule has 0 unspecified atom stereocenters. The number of hydrogen-bond acceptors (Lipinski definition) is 5. The molecule has 0 bridgehead atoms. The molecule has 31 heavy (non-hydrogen) atoms. The molecule has 1 fully saturated rings. The van der Waals surface area contributed by atoms with E-state index in [4.69, 9.17) is 17.0 Å². The number of hydrogen-bond donors (Lipinski definition) is 0. The molecule has 4 nitrogen and oxygen atoms in total. The van der Waals surface area contributed by atoms with Crippen LogP contribution in [0.3, 0.4) is 0 Å². The molecule has 0 spiro atoms. The van der Waals surface area contributed by atoms with Crippen molar-refractivity contribution in [3.8, 4) is 5.75 Å². The summed E-state index contributed by atoms with van der Waals surface area (Å²) in [5.41, 5.74) is 1.44. The van der Waals surface area contributed by atoms with E-state index in [1.807, 2.05) is 0 Å². The van der Waals surface area contributed by atoms with Gasteiger partial charge in [-0.2, -0.15) is 0 Å². The number of nitrogens with zero attached hydrogens (tertiary/aromatic N) is 1. The van der Waals surface area contributed by atoms with E-state index in [1.54, 1.807) is 30.3 Å². The summed E-state index contributed by atoms with van der Waals surface area (Å²) in [7, 11) is 0. The van der Waals surface area contributed by atoms with Gasteiger partial charge in [0, 0.05) is 0 Å². The molecular formula is C23H13F2NO3S2. The predicted octanol–water partition coefficient (Wildman–Crippen LogP) is 5.59. The fourth-order valence-corrected chi connectivity index (χ4v) is 4.11. The number of carbonyl (C=O) groups excluding carboxylic acids is 2. The number of carbonyl (C=O) groups is 2. The lowest BCUT2D eigenvalue weighted by molar-refractivity contribution is -0.113. The number of amides is 1. The first-order valence-electron chi connectivity index (χ1n) is 9.02. The Bertz CT molecular complexity index is 1190. The zero-order chi connectivity index (χ0) is 22.0. The van der Waals surface area contributed by atoms with Crippen LogP contribution in [0.25, 0.3) is 6.08 Å². The molecule has 0 N–H and O–H groups in total. The number of ether oxygens (including phenoxy) is 1. The van der Waals surface area contributed by atoms with Crippen LogP contribution in [0.2, 0.25) is 0 Å². The monoisotopic (exact) mass is 453 g/mol. The Morgan fingerprint density at radius 2 is 1.48 bits per heavy atom. The largest absolute Gasteiger partial charge is 0.423 e. The Balaban J connectivity index is 1.47. The topological polar surface area (TPSA) is 46.6 Å². The van der Waals surface area contributed by atoms with E-state index in [-0.39, 0.29) is 11.5 Å². The molecule has 0 aromatic heterocycles. The second kappa shape index (κ2) is 8.79. The molecule has 8 heteroatoms. The zero-order valence-corrected chi connectivity index (χ0v) is 17.4. The molecule has 1 aliphatic rings. The van der Waals surface area contributed by atoms with E-state index in [2.05, 4.69) is 0 Å². The van der Waals surface area contributed by atoms with Crippen molar-refractivity contribution in [2.24, 2.45) is 0 Å². The third-order valence-electron chi connectivity index (χ3n) is 4.35. The Kier molecular flexibility index (Phi) is 5.92. The van der Waals surface area contributed by atoms with Crippen molar-refractivity contribution < 1.29 is 23.1 Å². The van der Waals surface area contributed by atoms with Crippen molar-refractivity contribution in [2.45, 2.75) is 0 Å². The molecule has 3 aromatic carbocycles. The SMILES string of the molecule is O=C(Oc1ccc(/C=C2\SC(=S)N(c3ccc(F)cc3)C2=O)cc1)c1ccc(F)cc1. The van der Waals surface area contributed by atoms with Crippen LogP contribution in [0.15, 0.2) is 77.7 Å². The van der Waals surface area contributed by atoms with Crippen LogP contribution >= 0.6 is 24.0 Å². The summed E-state index contributed by atoms with van der Waals surface area (Å²) in [6.07, 6.45) is 1.67. The minimum absolute atomic E-state index is 0.231. The lowest BCUT2D eigenvalue weighted by atomic mass is 10.2. The van der Waals surface area contributed by atoms with Crippen LogP contribution in [-0.2, 0) is 4.79 Å². The van der Waals surface area contributed by atoms with Crippen LogP contribution in [0.1, 0.15) is 15.9 Å². The number of anilines is 1. The van der Waals surface area contributed by atoms with E-state index in [9.17, 15) is 18.4 Å². The van der Waals surface area contributed by atoms with Crippen LogP contribution in [-0.4, -0.2) is 16.2 Å². The van der Waals surface area contributed by atoms with E-state index in [0.29, 0.717) is 26.2 Å². The van der Waals surface area contributed by atoms with Crippen molar-refractivity contribution in [1.29, 1.82) is 0 Å². The van der Waals surface area contributed by atoms with Gasteiger partial charge in [0.25, 0.3) is 5.91 Å². The van der Waals surface area contributed by atoms with Crippen LogP contribution in [0.5, 0.6) is 5.75 Å². The third kappa shape index (κ3) is 4.70. The molecule has 1 heterocycles. The average Bonchev–Trinajstić information content (AvgIpc) is 3.03. The van der Waals surface area contributed by atoms with E-state index in [0.717, 1.165) is 11.8 Å². The maximum absolute atomic E-state index is 13.2. The van der Waals surface area contributed by atoms with Crippen LogP contribution in [0, 0.1) is 11.6 Å². The Labute approximate surface area is 186 Å². The summed E-state index contributed by atoms with van der Waals surface area (Å²) in [4.78, 5) is 26.6. The highest BCUT2D eigenvalue weighted by atomic mass is 32.2. The van der Waals surface area contributed by atoms with Gasteiger partial charge in [-0.1, -0.05) is 36.1 Å². The van der Waals surface area contributed by atoms with E-state index >= 15 is 0 Å². The number of rotatable bonds is 4. The fourth-order valence-electron chi connectivity index (χ4n) is 2.82.